The summed E-state index contributed by atoms with van der Waals surface area (Å²) in [4.78, 5) is 38.6. The minimum absolute atomic E-state index is 0.0941. The molecule has 2 N–H and O–H groups in total. The van der Waals surface area contributed by atoms with Crippen LogP contribution in [0.15, 0.2) is 54.9 Å². The second-order valence-corrected chi connectivity index (χ2v) is 15.0. The maximum Gasteiger partial charge on any atom is 0.416 e. The third-order valence-electron chi connectivity index (χ3n) is 8.24. The Balaban J connectivity index is 1.44. The molecule has 12 nitrogen and oxygen atoms in total. The van der Waals surface area contributed by atoms with Crippen molar-refractivity contribution in [1.29, 1.82) is 0 Å². The number of halogens is 1. The van der Waals surface area contributed by atoms with E-state index in [9.17, 15) is 19.1 Å². The van der Waals surface area contributed by atoms with Crippen molar-refractivity contribution < 1.29 is 28.6 Å². The lowest BCUT2D eigenvalue weighted by Gasteiger charge is -2.36. The minimum Gasteiger partial charge on any atom is -0.444 e. The highest BCUT2D eigenvalue weighted by molar-refractivity contribution is 5.88. The number of anilines is 2. The van der Waals surface area contributed by atoms with Crippen molar-refractivity contribution in [3.05, 3.63) is 71.8 Å². The highest BCUT2D eigenvalue weighted by Gasteiger charge is 2.33. The van der Waals surface area contributed by atoms with Crippen molar-refractivity contribution in [2.45, 2.75) is 91.6 Å². The zero-order valence-corrected chi connectivity index (χ0v) is 30.1. The van der Waals surface area contributed by atoms with E-state index in [1.165, 1.54) is 15.9 Å². The number of benzene rings is 1. The molecule has 5 rings (SSSR count). The number of carbonyl (C=O) groups excluding carboxylic acids is 2. The molecule has 0 bridgehead atoms. The molecule has 0 aliphatic carbocycles. The number of amides is 2. The van der Waals surface area contributed by atoms with Gasteiger partial charge in [-0.3, -0.25) is 9.88 Å². The van der Waals surface area contributed by atoms with E-state index in [-0.39, 0.29) is 30.6 Å². The predicted molar refractivity (Wildman–Crippen MR) is 190 cm³/mol. The van der Waals surface area contributed by atoms with E-state index >= 15 is 0 Å². The Morgan fingerprint density at radius 2 is 1.78 bits per heavy atom. The fraction of sp³-hybridized carbons (Fsp3) is 0.486. The summed E-state index contributed by atoms with van der Waals surface area (Å²) < 4.78 is 27.4. The number of β-amino-alcohol motifs (C(OH)–C–C–N with tert-alkyl or cyclic N) is 1. The van der Waals surface area contributed by atoms with Gasteiger partial charge in [0.25, 0.3) is 0 Å². The average molecular weight is 690 g/mol. The van der Waals surface area contributed by atoms with Crippen LogP contribution in [-0.2, 0) is 16.0 Å². The summed E-state index contributed by atoms with van der Waals surface area (Å²) in [6.45, 7) is 16.1. The number of aliphatic hydroxyl groups is 1. The summed E-state index contributed by atoms with van der Waals surface area (Å²) in [5.74, 6) is 0.436. The quantitative estimate of drug-likeness (QED) is 0.200. The second-order valence-electron chi connectivity index (χ2n) is 15.0. The average Bonchev–Trinajstić information content (AvgIpc) is 3.46. The smallest absolute Gasteiger partial charge is 0.416 e. The summed E-state index contributed by atoms with van der Waals surface area (Å²) in [6.07, 6.45) is 2.06. The number of nitrogens with one attached hydrogen (secondary N) is 1. The van der Waals surface area contributed by atoms with Gasteiger partial charge in [-0.1, -0.05) is 38.1 Å². The molecule has 268 valence electrons. The van der Waals surface area contributed by atoms with Crippen molar-refractivity contribution in [3.8, 4) is 11.3 Å². The Labute approximate surface area is 292 Å². The first-order valence-electron chi connectivity index (χ1n) is 17.0. The van der Waals surface area contributed by atoms with Gasteiger partial charge in [0.1, 0.15) is 34.3 Å². The Morgan fingerprint density at radius 3 is 2.40 bits per heavy atom. The van der Waals surface area contributed by atoms with E-state index in [4.69, 9.17) is 14.5 Å². The monoisotopic (exact) mass is 689 g/mol. The van der Waals surface area contributed by atoms with Gasteiger partial charge in [-0.05, 0) is 71.6 Å². The summed E-state index contributed by atoms with van der Waals surface area (Å²) in [7, 11) is 0. The van der Waals surface area contributed by atoms with Crippen LogP contribution in [0.25, 0.3) is 16.9 Å². The van der Waals surface area contributed by atoms with Crippen LogP contribution >= 0.6 is 0 Å². The molecule has 0 radical (unpaired) electrons. The molecule has 1 aliphatic heterocycles. The number of hydrogen-bond acceptors (Lipinski definition) is 9. The highest BCUT2D eigenvalue weighted by atomic mass is 19.1. The van der Waals surface area contributed by atoms with Crippen molar-refractivity contribution in [3.63, 3.8) is 0 Å². The molecule has 2 amide bonds. The lowest BCUT2D eigenvalue weighted by molar-refractivity contribution is -0.0104. The predicted octanol–water partition coefficient (Wildman–Crippen LogP) is 7.03. The topological polar surface area (TPSA) is 134 Å². The first-order chi connectivity index (χ1) is 23.5. The fourth-order valence-corrected chi connectivity index (χ4v) is 5.71. The molecular formula is C37H48FN7O5. The zero-order valence-electron chi connectivity index (χ0n) is 30.1. The van der Waals surface area contributed by atoms with Crippen molar-refractivity contribution in [2.24, 2.45) is 5.92 Å². The normalized spacial score (nSPS) is 16.8. The number of pyridine rings is 1. The first kappa shape index (κ1) is 36.5. The van der Waals surface area contributed by atoms with Gasteiger partial charge in [0.15, 0.2) is 5.65 Å². The lowest BCUT2D eigenvalue weighted by Crippen LogP contribution is -2.49. The number of ether oxygens (including phenoxy) is 2. The largest absolute Gasteiger partial charge is 0.444 e. The summed E-state index contributed by atoms with van der Waals surface area (Å²) in [6, 6.07) is 11.8. The number of carbonyl (C=O) groups is 2. The van der Waals surface area contributed by atoms with Gasteiger partial charge in [0.05, 0.1) is 25.4 Å². The number of rotatable bonds is 8. The van der Waals surface area contributed by atoms with Crippen LogP contribution in [0.3, 0.4) is 0 Å². The van der Waals surface area contributed by atoms with E-state index in [1.54, 1.807) is 61.9 Å². The van der Waals surface area contributed by atoms with Gasteiger partial charge in [-0.25, -0.2) is 19.0 Å². The fourth-order valence-electron chi connectivity index (χ4n) is 5.71. The van der Waals surface area contributed by atoms with Crippen LogP contribution in [0.1, 0.15) is 78.9 Å². The molecule has 1 fully saturated rings. The number of likely N-dealkylation sites (tertiary alicyclic amines) is 1. The SMILES string of the molecule is CC(C)c1cnn2c(N(Cc3ccc(-c4ncccc4F)cc3)C(=O)OC(C)(C)C)cc(NC[C@H]3CCN(C(=O)OC(C)(C)C)C[C@@H]3O)nc12. The molecule has 0 spiro atoms. The highest BCUT2D eigenvalue weighted by Crippen LogP contribution is 2.30. The molecule has 13 heteroatoms. The van der Waals surface area contributed by atoms with Crippen LogP contribution in [0.2, 0.25) is 0 Å². The maximum absolute atomic E-state index is 14.4. The van der Waals surface area contributed by atoms with Gasteiger partial charge in [0, 0.05) is 42.4 Å². The number of piperidine rings is 1. The Hall–Kier alpha value is -4.78. The minimum atomic E-state index is -0.777. The van der Waals surface area contributed by atoms with E-state index < -0.39 is 35.3 Å². The van der Waals surface area contributed by atoms with E-state index in [1.807, 2.05) is 46.8 Å². The standard InChI is InChI=1S/C37H48FN7O5/c1-23(2)27-20-41-45-31(18-30(42-33(27)45)40-19-26-15-17-43(22-29(26)46)34(47)49-36(3,4)5)44(35(48)50-37(6,7)8)21-24-11-13-25(14-12-24)32-28(38)10-9-16-39-32/h9-14,16,18,20,23,26,29,46H,15,17,19,21-22H2,1-8H3,(H,40,42)/t26-,29+/m1/s1. The van der Waals surface area contributed by atoms with Gasteiger partial charge in [-0.15, -0.1) is 0 Å². The number of hydrogen-bond donors (Lipinski definition) is 2. The summed E-state index contributed by atoms with van der Waals surface area (Å²) in [5, 5.41) is 19.0. The summed E-state index contributed by atoms with van der Waals surface area (Å²) in [5.41, 5.74) is 1.70. The van der Waals surface area contributed by atoms with E-state index in [2.05, 4.69) is 15.4 Å². The Morgan fingerprint density at radius 1 is 1.08 bits per heavy atom. The zero-order chi connectivity index (χ0) is 36.4. The molecule has 4 heterocycles. The number of fused-ring (bicyclic) bond motifs is 1. The molecule has 0 unspecified atom stereocenters. The lowest BCUT2D eigenvalue weighted by atomic mass is 9.94. The molecule has 2 atom stereocenters. The van der Waals surface area contributed by atoms with E-state index in [0.29, 0.717) is 42.4 Å². The maximum atomic E-state index is 14.4. The second kappa shape index (κ2) is 14.6. The molecule has 0 saturated carbocycles. The number of nitrogens with zero attached hydrogens (tertiary/aromatic N) is 6. The van der Waals surface area contributed by atoms with Crippen LogP contribution < -0.4 is 10.2 Å². The van der Waals surface area contributed by atoms with Crippen LogP contribution in [-0.4, -0.2) is 78.7 Å². The van der Waals surface area contributed by atoms with Crippen LogP contribution in [0.4, 0.5) is 25.6 Å². The van der Waals surface area contributed by atoms with Crippen molar-refractivity contribution in [2.75, 3.05) is 29.9 Å². The molecule has 1 saturated heterocycles. The van der Waals surface area contributed by atoms with Gasteiger partial charge >= 0.3 is 12.2 Å². The molecule has 1 aliphatic rings. The van der Waals surface area contributed by atoms with Gasteiger partial charge < -0.3 is 24.8 Å². The van der Waals surface area contributed by atoms with Crippen LogP contribution in [0.5, 0.6) is 0 Å². The van der Waals surface area contributed by atoms with Gasteiger partial charge in [0.2, 0.25) is 0 Å². The van der Waals surface area contributed by atoms with Crippen molar-refractivity contribution >= 4 is 29.5 Å². The molecule has 1 aromatic carbocycles. The molecule has 4 aromatic rings. The first-order valence-corrected chi connectivity index (χ1v) is 17.0. The molecule has 50 heavy (non-hydrogen) atoms. The number of aliphatic hydroxyl groups excluding tert-OH is 1. The molecule has 3 aromatic heterocycles. The third-order valence-corrected chi connectivity index (χ3v) is 8.24. The van der Waals surface area contributed by atoms with Gasteiger partial charge in [-0.2, -0.15) is 9.61 Å². The number of aromatic nitrogens is 4. The van der Waals surface area contributed by atoms with E-state index in [0.717, 1.165) is 11.1 Å². The summed E-state index contributed by atoms with van der Waals surface area (Å²) >= 11 is 0. The Bertz CT molecular complexity index is 1810. The van der Waals surface area contributed by atoms with Crippen molar-refractivity contribution in [1.82, 2.24) is 24.5 Å². The Kier molecular flexibility index (Phi) is 10.7. The van der Waals surface area contributed by atoms with Crippen LogP contribution in [0, 0.1) is 11.7 Å². The third kappa shape index (κ3) is 8.87. The molecular weight excluding hydrogens is 641 g/mol.